The minimum absolute atomic E-state index is 0.262. The van der Waals surface area contributed by atoms with Gasteiger partial charge in [0.05, 0.1) is 48.0 Å². The minimum atomic E-state index is -0.410. The molecule has 2 aliphatic rings. The molecule has 0 bridgehead atoms. The van der Waals surface area contributed by atoms with Crippen molar-refractivity contribution in [2.75, 3.05) is 31.6 Å². The minimum Gasteiger partial charge on any atom is -0.389 e. The first kappa shape index (κ1) is 21.3. The van der Waals surface area contributed by atoms with Crippen LogP contribution in [0.25, 0.3) is 10.9 Å². The first-order valence-electron chi connectivity index (χ1n) is 11.4. The van der Waals surface area contributed by atoms with Crippen LogP contribution in [0.4, 0.5) is 11.6 Å². The van der Waals surface area contributed by atoms with E-state index in [2.05, 4.69) is 46.3 Å². The largest absolute Gasteiger partial charge is 0.389 e. The Morgan fingerprint density at radius 1 is 1.19 bits per heavy atom. The molecule has 2 atom stereocenters. The average Bonchev–Trinajstić information content (AvgIpc) is 3.30. The normalized spacial score (nSPS) is 25.0. The van der Waals surface area contributed by atoms with E-state index in [1.54, 1.807) is 6.20 Å². The van der Waals surface area contributed by atoms with Gasteiger partial charge in [-0.05, 0) is 75.9 Å². The maximum absolute atomic E-state index is 10.4. The highest BCUT2D eigenvalue weighted by Gasteiger charge is 2.44. The number of aliphatic hydroxyl groups excluding tert-OH is 1. The van der Waals surface area contributed by atoms with Crippen LogP contribution in [0.1, 0.15) is 42.5 Å². The van der Waals surface area contributed by atoms with Gasteiger partial charge in [0.2, 0.25) is 5.95 Å². The molecule has 2 saturated heterocycles. The highest BCUT2D eigenvalue weighted by molar-refractivity contribution is 5.81. The number of likely N-dealkylation sites (tertiary alicyclic amines) is 1. The molecule has 170 valence electrons. The van der Waals surface area contributed by atoms with Crippen LogP contribution in [0.15, 0.2) is 24.5 Å². The first-order chi connectivity index (χ1) is 15.3. The number of hydrogen-bond acceptors (Lipinski definition) is 7. The van der Waals surface area contributed by atoms with E-state index in [0.717, 1.165) is 48.2 Å². The molecule has 2 N–H and O–H groups in total. The lowest BCUT2D eigenvalue weighted by molar-refractivity contribution is -0.00214. The zero-order valence-electron chi connectivity index (χ0n) is 19.3. The molecule has 0 radical (unpaired) electrons. The number of ether oxygens (including phenoxy) is 1. The van der Waals surface area contributed by atoms with Crippen LogP contribution in [0, 0.1) is 13.8 Å². The molecule has 8 nitrogen and oxygen atoms in total. The van der Waals surface area contributed by atoms with Crippen molar-refractivity contribution < 1.29 is 9.84 Å². The second kappa shape index (κ2) is 8.10. The summed E-state index contributed by atoms with van der Waals surface area (Å²) in [5.41, 5.74) is 5.31. The highest BCUT2D eigenvalue weighted by Crippen LogP contribution is 2.36. The van der Waals surface area contributed by atoms with E-state index in [1.165, 1.54) is 11.1 Å². The Balaban J connectivity index is 1.36. The number of aryl methyl sites for hydroxylation is 2. The fraction of sp³-hybridized carbons (Fsp3) is 0.542. The third-order valence-corrected chi connectivity index (χ3v) is 7.49. The van der Waals surface area contributed by atoms with Crippen LogP contribution < -0.4 is 5.32 Å². The summed E-state index contributed by atoms with van der Waals surface area (Å²) in [4.78, 5) is 11.7. The van der Waals surface area contributed by atoms with E-state index >= 15 is 0 Å². The highest BCUT2D eigenvalue weighted by atomic mass is 16.5. The predicted molar refractivity (Wildman–Crippen MR) is 124 cm³/mol. The summed E-state index contributed by atoms with van der Waals surface area (Å²) < 4.78 is 7.38. The molecular weight excluding hydrogens is 404 g/mol. The monoisotopic (exact) mass is 436 g/mol. The Morgan fingerprint density at radius 2 is 1.97 bits per heavy atom. The van der Waals surface area contributed by atoms with Crippen molar-refractivity contribution in [2.45, 2.75) is 51.2 Å². The molecule has 5 rings (SSSR count). The second-order valence-electron chi connectivity index (χ2n) is 9.50. The molecule has 0 unspecified atom stereocenters. The zero-order valence-corrected chi connectivity index (χ0v) is 19.3. The summed E-state index contributed by atoms with van der Waals surface area (Å²) in [6, 6.07) is 4.44. The van der Waals surface area contributed by atoms with Crippen LogP contribution >= 0.6 is 0 Å². The van der Waals surface area contributed by atoms with Crippen LogP contribution in [-0.2, 0) is 11.8 Å². The van der Waals surface area contributed by atoms with Crippen LogP contribution in [0.2, 0.25) is 0 Å². The third-order valence-electron chi connectivity index (χ3n) is 7.49. The smallest absolute Gasteiger partial charge is 0.227 e. The van der Waals surface area contributed by atoms with Crippen molar-refractivity contribution in [3.8, 4) is 0 Å². The molecule has 0 saturated carbocycles. The average molecular weight is 437 g/mol. The predicted octanol–water partition coefficient (Wildman–Crippen LogP) is 3.05. The van der Waals surface area contributed by atoms with E-state index in [-0.39, 0.29) is 5.54 Å². The standard InChI is InChI=1S/C24H32N6O2/c1-15-9-18-11-25-23(28-21-12-26-29(4)16(21)2)27-20(18)10-19(15)17-5-7-30(8-6-17)24(3)14-32-13-22(24)31/h9-12,17,22,31H,5-8,13-14H2,1-4H3,(H,25,27,28)/t22-,24+/m1/s1. The van der Waals surface area contributed by atoms with Crippen LogP contribution in [0.5, 0.6) is 0 Å². The molecule has 32 heavy (non-hydrogen) atoms. The summed E-state index contributed by atoms with van der Waals surface area (Å²) >= 11 is 0. The van der Waals surface area contributed by atoms with Crippen molar-refractivity contribution in [3.63, 3.8) is 0 Å². The molecule has 0 amide bonds. The molecular formula is C24H32N6O2. The quantitative estimate of drug-likeness (QED) is 0.650. The van der Waals surface area contributed by atoms with E-state index in [9.17, 15) is 5.11 Å². The number of anilines is 2. The maximum atomic E-state index is 10.4. The summed E-state index contributed by atoms with van der Waals surface area (Å²) in [6.07, 6.45) is 5.41. The van der Waals surface area contributed by atoms with Gasteiger partial charge in [-0.15, -0.1) is 0 Å². The van der Waals surface area contributed by atoms with Gasteiger partial charge in [0.1, 0.15) is 0 Å². The van der Waals surface area contributed by atoms with E-state index < -0.39 is 6.10 Å². The first-order valence-corrected chi connectivity index (χ1v) is 11.4. The summed E-state index contributed by atoms with van der Waals surface area (Å²) in [6.45, 7) is 9.31. The molecule has 2 aliphatic heterocycles. The number of hydrogen-bond donors (Lipinski definition) is 2. The number of aliphatic hydroxyl groups is 1. The van der Waals surface area contributed by atoms with Gasteiger partial charge in [-0.3, -0.25) is 9.58 Å². The van der Waals surface area contributed by atoms with Gasteiger partial charge in [0.25, 0.3) is 0 Å². The Labute approximate surface area is 188 Å². The van der Waals surface area contributed by atoms with Gasteiger partial charge in [-0.25, -0.2) is 9.97 Å². The Kier molecular flexibility index (Phi) is 5.39. The van der Waals surface area contributed by atoms with Crippen molar-refractivity contribution in [1.82, 2.24) is 24.6 Å². The van der Waals surface area contributed by atoms with Gasteiger partial charge < -0.3 is 15.2 Å². The molecule has 8 heteroatoms. The maximum Gasteiger partial charge on any atom is 0.227 e. The van der Waals surface area contributed by atoms with Crippen LogP contribution in [-0.4, -0.2) is 67.7 Å². The molecule has 1 aromatic carbocycles. The molecule has 0 aliphatic carbocycles. The van der Waals surface area contributed by atoms with Gasteiger partial charge in [-0.1, -0.05) is 0 Å². The lowest BCUT2D eigenvalue weighted by Gasteiger charge is -2.43. The van der Waals surface area contributed by atoms with E-state index in [0.29, 0.717) is 25.1 Å². The van der Waals surface area contributed by atoms with Crippen molar-refractivity contribution in [2.24, 2.45) is 7.05 Å². The summed E-state index contributed by atoms with van der Waals surface area (Å²) in [7, 11) is 1.92. The molecule has 2 aromatic heterocycles. The van der Waals surface area contributed by atoms with Gasteiger partial charge in [0, 0.05) is 18.6 Å². The lowest BCUT2D eigenvalue weighted by Crippen LogP contribution is -2.56. The van der Waals surface area contributed by atoms with Gasteiger partial charge in [0.15, 0.2) is 0 Å². The number of benzene rings is 1. The Morgan fingerprint density at radius 3 is 2.62 bits per heavy atom. The van der Waals surface area contributed by atoms with Crippen molar-refractivity contribution >= 4 is 22.5 Å². The number of nitrogens with zero attached hydrogens (tertiary/aromatic N) is 5. The SMILES string of the molecule is Cc1cc2cnc(Nc3cnn(C)c3C)nc2cc1C1CCN([C@@]2(C)COC[C@H]2O)CC1. The number of fused-ring (bicyclic) bond motifs is 1. The molecule has 4 heterocycles. The number of piperidine rings is 1. The number of nitrogens with one attached hydrogen (secondary N) is 1. The van der Waals surface area contributed by atoms with Crippen LogP contribution in [0.3, 0.4) is 0 Å². The van der Waals surface area contributed by atoms with E-state index in [1.807, 2.05) is 24.9 Å². The Bertz CT molecular complexity index is 1140. The number of aromatic nitrogens is 4. The summed E-state index contributed by atoms with van der Waals surface area (Å²) in [5, 5.41) is 19.0. The summed E-state index contributed by atoms with van der Waals surface area (Å²) in [5.74, 6) is 1.08. The fourth-order valence-corrected chi connectivity index (χ4v) is 5.11. The zero-order chi connectivity index (χ0) is 22.5. The molecule has 0 spiro atoms. The Hall–Kier alpha value is -2.55. The topological polar surface area (TPSA) is 88.3 Å². The van der Waals surface area contributed by atoms with Gasteiger partial charge in [-0.2, -0.15) is 5.10 Å². The fourth-order valence-electron chi connectivity index (χ4n) is 5.11. The van der Waals surface area contributed by atoms with E-state index in [4.69, 9.17) is 9.72 Å². The lowest BCUT2D eigenvalue weighted by atomic mass is 9.84. The van der Waals surface area contributed by atoms with Gasteiger partial charge >= 0.3 is 0 Å². The van der Waals surface area contributed by atoms with Crippen molar-refractivity contribution in [3.05, 3.63) is 41.3 Å². The number of rotatable bonds is 4. The third kappa shape index (κ3) is 3.66. The second-order valence-corrected chi connectivity index (χ2v) is 9.50. The molecule has 2 fully saturated rings. The van der Waals surface area contributed by atoms with Crippen molar-refractivity contribution in [1.29, 1.82) is 0 Å². The molecule has 3 aromatic rings.